The molecule has 0 fully saturated rings. The Morgan fingerprint density at radius 1 is 0.800 bits per heavy atom. The van der Waals surface area contributed by atoms with Crippen molar-refractivity contribution in [1.82, 2.24) is 0 Å². The Kier molecular flexibility index (Phi) is 62.3. The van der Waals surface area contributed by atoms with Crippen molar-refractivity contribution in [1.29, 1.82) is 0 Å². The van der Waals surface area contributed by atoms with Crippen molar-refractivity contribution < 1.29 is 21.0 Å². The summed E-state index contributed by atoms with van der Waals surface area (Å²) in [5.41, 5.74) is 0. The molecule has 0 aromatic rings. The number of allylic oxidation sites excluding steroid dienone is 1. The van der Waals surface area contributed by atoms with Crippen molar-refractivity contribution in [2.75, 3.05) is 60.2 Å². The minimum atomic E-state index is -1.21. The molecule has 0 amide bonds. The topological polar surface area (TPSA) is 85.3 Å². The van der Waals surface area contributed by atoms with Gasteiger partial charge in [0.1, 0.15) is 10.0 Å². The number of thioether (sulfide) groups is 1. The lowest BCUT2D eigenvalue weighted by molar-refractivity contribution is 0.688. The van der Waals surface area contributed by atoms with Gasteiger partial charge in [0, 0.05) is 91.4 Å². The van der Waals surface area contributed by atoms with Gasteiger partial charge < -0.3 is 0 Å². The Bertz CT molecular complexity index is 639. The summed E-state index contributed by atoms with van der Waals surface area (Å²) >= 11 is 10.8. The van der Waals surface area contributed by atoms with Crippen LogP contribution < -0.4 is 0 Å². The fourth-order valence-corrected chi connectivity index (χ4v) is 3.62. The molecule has 35 heavy (non-hydrogen) atoms. The highest BCUT2D eigenvalue weighted by Gasteiger charge is 1.81. The van der Waals surface area contributed by atoms with Gasteiger partial charge in [0.25, 0.3) is 0 Å². The van der Waals surface area contributed by atoms with Gasteiger partial charge in [0.2, 0.25) is 0 Å². The summed E-state index contributed by atoms with van der Waals surface area (Å²) in [5, 5.41) is 4.89. The van der Waals surface area contributed by atoms with Crippen molar-refractivity contribution in [3.63, 3.8) is 0 Å². The molecule has 5 nitrogen and oxygen atoms in total. The van der Waals surface area contributed by atoms with E-state index in [-0.39, 0.29) is 7.43 Å². The number of thiol groups is 1. The van der Waals surface area contributed by atoms with Crippen molar-refractivity contribution >= 4 is 99.9 Å². The van der Waals surface area contributed by atoms with Gasteiger partial charge in [-0.05, 0) is 33.2 Å². The molecule has 0 aliphatic heterocycles. The van der Waals surface area contributed by atoms with Gasteiger partial charge in [-0.15, -0.1) is 24.8 Å². The zero-order chi connectivity index (χ0) is 27.8. The van der Waals surface area contributed by atoms with E-state index in [1.54, 1.807) is 71.2 Å². The summed E-state index contributed by atoms with van der Waals surface area (Å²) < 4.78 is 50.6. The van der Waals surface area contributed by atoms with Crippen LogP contribution in [-0.4, -0.2) is 81.2 Å². The molecule has 0 saturated heterocycles. The van der Waals surface area contributed by atoms with Gasteiger partial charge in [0.15, 0.2) is 0 Å². The predicted molar refractivity (Wildman–Crippen MR) is 177 cm³/mol. The first kappa shape index (κ1) is 48.8. The number of halogens is 2. The zero-order valence-corrected chi connectivity index (χ0v) is 27.6. The standard InChI is InChI=1S/C5H10OS2.C4H7ClOS.C4H8OS2.C4H8OS.C3H5ClOS.CH4/c1-7-4-3-5-8(2)6;1-7(6)4-2-3-5;1-7(5)4-2-3-6;1-3-4-6(2)5;1-2-3-6(4)5;/h3,5H,4H2,1-2H3;2,4H,3H2,1H3;2,4,6H,3H2,1H3;3H,1,4H2,2H3;2H,1,3H2;1H4/b5-3+;2*4-2+;;;. The molecule has 0 heterocycles. The van der Waals surface area contributed by atoms with E-state index in [9.17, 15) is 21.0 Å². The van der Waals surface area contributed by atoms with Crippen LogP contribution in [0.5, 0.6) is 0 Å². The third-order valence-electron chi connectivity index (χ3n) is 1.92. The fourth-order valence-electron chi connectivity index (χ4n) is 0.880. The lowest BCUT2D eigenvalue weighted by Crippen LogP contribution is -1.86. The van der Waals surface area contributed by atoms with Crippen LogP contribution in [0.3, 0.4) is 0 Å². The van der Waals surface area contributed by atoms with Gasteiger partial charge in [0.05, 0.1) is 5.75 Å². The van der Waals surface area contributed by atoms with Gasteiger partial charge in [-0.3, -0.25) is 16.8 Å². The van der Waals surface area contributed by atoms with E-state index < -0.39 is 53.2 Å². The van der Waals surface area contributed by atoms with Crippen LogP contribution in [0.15, 0.2) is 59.8 Å². The number of hydrogen-bond acceptors (Lipinski definition) is 7. The van der Waals surface area contributed by atoms with Crippen molar-refractivity contribution in [3.8, 4) is 0 Å². The van der Waals surface area contributed by atoms with E-state index in [1.165, 1.54) is 6.08 Å². The van der Waals surface area contributed by atoms with Gasteiger partial charge in [-0.1, -0.05) is 37.8 Å². The Morgan fingerprint density at radius 2 is 1.20 bits per heavy atom. The van der Waals surface area contributed by atoms with Crippen LogP contribution >= 0.6 is 46.7 Å². The van der Waals surface area contributed by atoms with Crippen LogP contribution in [0, 0.1) is 0 Å². The van der Waals surface area contributed by atoms with E-state index in [4.69, 9.17) is 22.3 Å². The highest BCUT2D eigenvalue weighted by molar-refractivity contribution is 8.08. The maximum atomic E-state index is 10.3. The molecule has 5 atom stereocenters. The third-order valence-corrected chi connectivity index (χ3v) is 6.15. The molecule has 0 N–H and O–H groups in total. The molecule has 0 saturated carbocycles. The Balaban J connectivity index is -0.0000000749. The second-order valence-corrected chi connectivity index (χ2v) is 14.0. The summed E-state index contributed by atoms with van der Waals surface area (Å²) in [6.45, 7) is 6.73. The van der Waals surface area contributed by atoms with Crippen LogP contribution in [0.4, 0.5) is 0 Å². The maximum absolute atomic E-state index is 10.3. The first-order chi connectivity index (χ1) is 15.9. The molecule has 212 valence electrons. The van der Waals surface area contributed by atoms with Crippen LogP contribution in [0.25, 0.3) is 0 Å². The van der Waals surface area contributed by atoms with Gasteiger partial charge in [-0.25, -0.2) is 4.21 Å². The van der Waals surface area contributed by atoms with Gasteiger partial charge >= 0.3 is 0 Å². The molecule has 14 heteroatoms. The Morgan fingerprint density at radius 3 is 1.34 bits per heavy atom. The van der Waals surface area contributed by atoms with E-state index in [1.807, 2.05) is 12.3 Å². The molecule has 0 aliphatic rings. The normalized spacial score (nSPS) is 14.1. The van der Waals surface area contributed by atoms with E-state index in [0.29, 0.717) is 23.1 Å². The van der Waals surface area contributed by atoms with Crippen molar-refractivity contribution in [2.24, 2.45) is 0 Å². The second kappa shape index (κ2) is 44.7. The minimum absolute atomic E-state index is 0. The average Bonchev–Trinajstić information content (AvgIpc) is 2.72. The highest BCUT2D eigenvalue weighted by Crippen LogP contribution is 1.91. The molecular formula is C21H42Cl2O5S7. The quantitative estimate of drug-likeness (QED) is 0.137. The number of rotatable bonds is 11. The third kappa shape index (κ3) is 95.6. The first-order valence-electron chi connectivity index (χ1n) is 9.04. The molecule has 0 radical (unpaired) electrons. The van der Waals surface area contributed by atoms with Crippen molar-refractivity contribution in [2.45, 2.75) is 7.43 Å². The number of alkyl halides is 1. The second-order valence-electron chi connectivity index (χ2n) is 5.18. The van der Waals surface area contributed by atoms with Crippen molar-refractivity contribution in [3.05, 3.63) is 59.8 Å². The first-order valence-corrected chi connectivity index (χ1v) is 20.3. The minimum Gasteiger partial charge on any atom is -0.260 e. The maximum Gasteiger partial charge on any atom is 0.118 e. The molecule has 5 unspecified atom stereocenters. The highest BCUT2D eigenvalue weighted by atomic mass is 35.7. The van der Waals surface area contributed by atoms with E-state index in [2.05, 4.69) is 25.8 Å². The lowest BCUT2D eigenvalue weighted by Gasteiger charge is -1.81. The fraction of sp³-hybridized carbons (Fsp3) is 0.524. The van der Waals surface area contributed by atoms with Crippen LogP contribution in [0.2, 0.25) is 0 Å². The van der Waals surface area contributed by atoms with E-state index in [0.717, 1.165) is 5.75 Å². The summed E-state index contributed by atoms with van der Waals surface area (Å²) in [6.07, 6.45) is 17.1. The average molecular weight is 670 g/mol. The molecule has 0 bridgehead atoms. The SMILES string of the molecule is C.C=CCS(=O)Cl.C=CCS(C)=O.CS(=O)/C=C/CCl.CS(=O)/C=C/CS.CSC/C=C/S(C)=O. The largest absolute Gasteiger partial charge is 0.260 e. The molecular weight excluding hydrogens is 628 g/mol. The molecule has 0 aromatic carbocycles. The number of hydrogen-bond donors (Lipinski definition) is 1. The molecule has 0 aromatic heterocycles. The zero-order valence-electron chi connectivity index (χ0n) is 20.3. The molecule has 0 rings (SSSR count). The Labute approximate surface area is 246 Å². The lowest BCUT2D eigenvalue weighted by atomic mass is 10.8. The Hall–Kier alpha value is 0.730. The van der Waals surface area contributed by atoms with Crippen LogP contribution in [-0.2, 0) is 53.2 Å². The molecule has 0 aliphatic carbocycles. The van der Waals surface area contributed by atoms with E-state index >= 15 is 0 Å². The summed E-state index contributed by atoms with van der Waals surface area (Å²) in [7, 11) is 0.698. The predicted octanol–water partition coefficient (Wildman–Crippen LogP) is 5.43. The summed E-state index contributed by atoms with van der Waals surface area (Å²) in [6, 6.07) is 0. The van der Waals surface area contributed by atoms with Crippen LogP contribution in [0.1, 0.15) is 7.43 Å². The summed E-state index contributed by atoms with van der Waals surface area (Å²) in [5.74, 6) is 3.06. The summed E-state index contributed by atoms with van der Waals surface area (Å²) in [4.78, 5) is 0. The molecule has 0 spiro atoms. The smallest absolute Gasteiger partial charge is 0.118 e. The monoisotopic (exact) mass is 668 g/mol. The van der Waals surface area contributed by atoms with Gasteiger partial charge in [-0.2, -0.15) is 24.4 Å².